The minimum atomic E-state index is -0.359. The van der Waals surface area contributed by atoms with Gasteiger partial charge in [0, 0.05) is 5.56 Å². The molecule has 0 radical (unpaired) electrons. The van der Waals surface area contributed by atoms with E-state index in [-0.39, 0.29) is 24.5 Å². The largest absolute Gasteiger partial charge is 0.490 e. The standard InChI is InChI=1S/C22H24N4O3S3/c1-2-19-24-25-21(32-19)23-18(27)13-26-20(28)17(31-22(26)30)12-14-8-6-7-11-16(14)29-15-9-4-3-5-10-15/h6-8,11-12,15H,2-5,9-10,13H2,1H3,(H,23,25,27)/b17-12-. The maximum Gasteiger partial charge on any atom is 0.266 e. The first-order valence-electron chi connectivity index (χ1n) is 10.7. The predicted octanol–water partition coefficient (Wildman–Crippen LogP) is 4.65. The van der Waals surface area contributed by atoms with Crippen LogP contribution in [0.1, 0.15) is 49.6 Å². The number of benzene rings is 1. The summed E-state index contributed by atoms with van der Waals surface area (Å²) >= 11 is 7.88. The molecule has 0 unspecified atom stereocenters. The summed E-state index contributed by atoms with van der Waals surface area (Å²) in [5, 5.41) is 11.9. The summed E-state index contributed by atoms with van der Waals surface area (Å²) in [5.41, 5.74) is 0.837. The molecule has 2 amide bonds. The van der Waals surface area contributed by atoms with Crippen molar-refractivity contribution in [2.75, 3.05) is 11.9 Å². The molecular formula is C22H24N4O3S3. The lowest BCUT2D eigenvalue weighted by molar-refractivity contribution is -0.126. The normalized spacial score (nSPS) is 18.4. The van der Waals surface area contributed by atoms with Gasteiger partial charge >= 0.3 is 0 Å². The highest BCUT2D eigenvalue weighted by Gasteiger charge is 2.33. The molecule has 2 heterocycles. The van der Waals surface area contributed by atoms with Crippen LogP contribution in [0.2, 0.25) is 0 Å². The van der Waals surface area contributed by atoms with E-state index in [0.717, 1.165) is 35.6 Å². The maximum atomic E-state index is 13.0. The average Bonchev–Trinajstić information content (AvgIpc) is 3.35. The molecule has 2 fully saturated rings. The molecule has 4 rings (SSSR count). The summed E-state index contributed by atoms with van der Waals surface area (Å²) in [5.74, 6) is 0.127. The molecular weight excluding hydrogens is 464 g/mol. The Morgan fingerprint density at radius 2 is 2.06 bits per heavy atom. The highest BCUT2D eigenvalue weighted by atomic mass is 32.2. The van der Waals surface area contributed by atoms with Crippen LogP contribution in [-0.2, 0) is 16.0 Å². The Hall–Kier alpha value is -2.30. The number of para-hydroxylation sites is 1. The summed E-state index contributed by atoms with van der Waals surface area (Å²) in [4.78, 5) is 27.2. The Labute approximate surface area is 200 Å². The molecule has 1 saturated heterocycles. The van der Waals surface area contributed by atoms with Crippen molar-refractivity contribution in [3.8, 4) is 5.75 Å². The Bertz CT molecular complexity index is 1050. The van der Waals surface area contributed by atoms with Crippen molar-refractivity contribution >= 4 is 62.7 Å². The lowest BCUT2D eigenvalue weighted by Gasteiger charge is -2.23. The fraction of sp³-hybridized carbons (Fsp3) is 0.409. The van der Waals surface area contributed by atoms with Gasteiger partial charge in [-0.1, -0.05) is 66.9 Å². The zero-order valence-corrected chi connectivity index (χ0v) is 20.2. The van der Waals surface area contributed by atoms with Crippen LogP contribution in [0.4, 0.5) is 5.13 Å². The Morgan fingerprint density at radius 3 is 2.81 bits per heavy atom. The van der Waals surface area contributed by atoms with Crippen molar-refractivity contribution in [2.24, 2.45) is 0 Å². The van der Waals surface area contributed by atoms with Crippen LogP contribution in [0, 0.1) is 0 Å². The van der Waals surface area contributed by atoms with E-state index in [9.17, 15) is 9.59 Å². The van der Waals surface area contributed by atoms with Crippen LogP contribution in [0.25, 0.3) is 6.08 Å². The third-order valence-electron chi connectivity index (χ3n) is 5.24. The molecule has 1 saturated carbocycles. The van der Waals surface area contributed by atoms with Gasteiger partial charge in [-0.2, -0.15) is 0 Å². The van der Waals surface area contributed by atoms with Crippen LogP contribution in [0.5, 0.6) is 5.75 Å². The van der Waals surface area contributed by atoms with E-state index in [1.54, 1.807) is 6.08 Å². The number of anilines is 1. The molecule has 1 aromatic heterocycles. The predicted molar refractivity (Wildman–Crippen MR) is 132 cm³/mol. The smallest absolute Gasteiger partial charge is 0.266 e. The minimum absolute atomic E-state index is 0.163. The third kappa shape index (κ3) is 5.54. The molecule has 0 bridgehead atoms. The number of amides is 2. The van der Waals surface area contributed by atoms with E-state index < -0.39 is 0 Å². The number of nitrogens with one attached hydrogen (secondary N) is 1. The fourth-order valence-corrected chi connectivity index (χ4v) is 5.54. The Balaban J connectivity index is 1.43. The number of hydrogen-bond donors (Lipinski definition) is 1. The van der Waals surface area contributed by atoms with Crippen LogP contribution in [0.3, 0.4) is 0 Å². The van der Waals surface area contributed by atoms with Crippen molar-refractivity contribution in [1.29, 1.82) is 0 Å². The van der Waals surface area contributed by atoms with E-state index in [1.165, 1.54) is 47.3 Å². The molecule has 168 valence electrons. The van der Waals surface area contributed by atoms with Crippen LogP contribution >= 0.6 is 35.3 Å². The Kier molecular flexibility index (Phi) is 7.54. The second-order valence-corrected chi connectivity index (χ2v) is 10.3. The lowest BCUT2D eigenvalue weighted by atomic mass is 9.97. The van der Waals surface area contributed by atoms with Gasteiger partial charge in [0.25, 0.3) is 5.91 Å². The van der Waals surface area contributed by atoms with Gasteiger partial charge in [0.1, 0.15) is 21.6 Å². The molecule has 1 aromatic carbocycles. The number of aryl methyl sites for hydroxylation is 1. The van der Waals surface area contributed by atoms with Crippen LogP contribution in [-0.4, -0.2) is 43.9 Å². The monoisotopic (exact) mass is 488 g/mol. The van der Waals surface area contributed by atoms with E-state index in [4.69, 9.17) is 17.0 Å². The van der Waals surface area contributed by atoms with Crippen molar-refractivity contribution in [1.82, 2.24) is 15.1 Å². The molecule has 10 heteroatoms. The van der Waals surface area contributed by atoms with Crippen molar-refractivity contribution in [3.63, 3.8) is 0 Å². The first-order valence-corrected chi connectivity index (χ1v) is 12.7. The summed E-state index contributed by atoms with van der Waals surface area (Å²) in [6.45, 7) is 1.81. The molecule has 1 aliphatic heterocycles. The van der Waals surface area contributed by atoms with E-state index in [2.05, 4.69) is 15.5 Å². The highest BCUT2D eigenvalue weighted by Crippen LogP contribution is 2.35. The first kappa shape index (κ1) is 22.9. The number of carbonyl (C=O) groups is 2. The van der Waals surface area contributed by atoms with Gasteiger partial charge in [-0.05, 0) is 44.2 Å². The van der Waals surface area contributed by atoms with Crippen molar-refractivity contribution < 1.29 is 14.3 Å². The van der Waals surface area contributed by atoms with E-state index in [1.807, 2.05) is 31.2 Å². The molecule has 2 aromatic rings. The number of thiocarbonyl (C=S) groups is 1. The number of ether oxygens (including phenoxy) is 1. The van der Waals surface area contributed by atoms with Gasteiger partial charge in [-0.15, -0.1) is 10.2 Å². The van der Waals surface area contributed by atoms with E-state index >= 15 is 0 Å². The van der Waals surface area contributed by atoms with Gasteiger partial charge < -0.3 is 4.74 Å². The topological polar surface area (TPSA) is 84.4 Å². The second kappa shape index (κ2) is 10.5. The summed E-state index contributed by atoms with van der Waals surface area (Å²) in [6.07, 6.45) is 8.50. The summed E-state index contributed by atoms with van der Waals surface area (Å²) < 4.78 is 6.60. The quantitative estimate of drug-likeness (QED) is 0.448. The number of hydrogen-bond acceptors (Lipinski definition) is 8. The Morgan fingerprint density at radius 1 is 1.28 bits per heavy atom. The van der Waals surface area contributed by atoms with Gasteiger partial charge in [0.15, 0.2) is 0 Å². The van der Waals surface area contributed by atoms with Crippen LogP contribution < -0.4 is 10.1 Å². The number of thioether (sulfide) groups is 1. The van der Waals surface area contributed by atoms with Crippen molar-refractivity contribution in [2.45, 2.75) is 51.6 Å². The highest BCUT2D eigenvalue weighted by molar-refractivity contribution is 8.26. The maximum absolute atomic E-state index is 13.0. The molecule has 1 aliphatic carbocycles. The fourth-order valence-electron chi connectivity index (χ4n) is 3.60. The molecule has 1 N–H and O–H groups in total. The lowest BCUT2D eigenvalue weighted by Crippen LogP contribution is -2.36. The second-order valence-electron chi connectivity index (χ2n) is 7.59. The molecule has 7 nitrogen and oxygen atoms in total. The van der Waals surface area contributed by atoms with Gasteiger partial charge in [0.05, 0.1) is 11.0 Å². The average molecular weight is 489 g/mol. The van der Waals surface area contributed by atoms with Crippen LogP contribution in [0.15, 0.2) is 29.2 Å². The SMILES string of the molecule is CCc1nnc(NC(=O)CN2C(=O)/C(=C/c3ccccc3OC3CCCCC3)SC2=S)s1. The molecule has 0 spiro atoms. The zero-order valence-electron chi connectivity index (χ0n) is 17.7. The van der Waals surface area contributed by atoms with E-state index in [0.29, 0.717) is 14.4 Å². The van der Waals surface area contributed by atoms with Gasteiger partial charge in [-0.25, -0.2) is 0 Å². The third-order valence-corrected chi connectivity index (χ3v) is 7.60. The summed E-state index contributed by atoms with van der Waals surface area (Å²) in [7, 11) is 0. The minimum Gasteiger partial charge on any atom is -0.490 e. The number of nitrogens with zero attached hydrogens (tertiary/aromatic N) is 3. The zero-order chi connectivity index (χ0) is 22.5. The molecule has 32 heavy (non-hydrogen) atoms. The molecule has 0 atom stereocenters. The number of rotatable bonds is 7. The van der Waals surface area contributed by atoms with Gasteiger partial charge in [-0.3, -0.25) is 19.8 Å². The first-order chi connectivity index (χ1) is 15.5. The van der Waals surface area contributed by atoms with Crippen molar-refractivity contribution in [3.05, 3.63) is 39.7 Å². The summed E-state index contributed by atoms with van der Waals surface area (Å²) in [6, 6.07) is 7.71. The van der Waals surface area contributed by atoms with Gasteiger partial charge in [0.2, 0.25) is 11.0 Å². The molecule has 2 aliphatic rings. The number of aromatic nitrogens is 2. The number of carbonyl (C=O) groups excluding carboxylic acids is 2.